The number of benzene rings is 1. The zero-order valence-electron chi connectivity index (χ0n) is 6.59. The van der Waals surface area contributed by atoms with E-state index in [4.69, 9.17) is 0 Å². The summed E-state index contributed by atoms with van der Waals surface area (Å²) in [7, 11) is 0. The summed E-state index contributed by atoms with van der Waals surface area (Å²) in [5.41, 5.74) is 1.67. The zero-order valence-corrected chi connectivity index (χ0v) is 8.18. The Hall–Kier alpha value is -1.16. The SMILES string of the molecule is Fc1cccc(-c2cn[nH]c2)c1Br. The maximum atomic E-state index is 13.1. The summed E-state index contributed by atoms with van der Waals surface area (Å²) < 4.78 is 13.6. The van der Waals surface area contributed by atoms with Crippen molar-refractivity contribution in [3.8, 4) is 11.1 Å². The third-order valence-electron chi connectivity index (χ3n) is 1.76. The lowest BCUT2D eigenvalue weighted by Gasteiger charge is -2.00. The second kappa shape index (κ2) is 3.30. The number of hydrogen-bond donors (Lipinski definition) is 1. The molecule has 2 aromatic rings. The molecule has 0 fully saturated rings. The lowest BCUT2D eigenvalue weighted by molar-refractivity contribution is 0.622. The Morgan fingerprint density at radius 3 is 2.92 bits per heavy atom. The van der Waals surface area contributed by atoms with Crippen molar-refractivity contribution in [3.05, 3.63) is 40.9 Å². The van der Waals surface area contributed by atoms with E-state index in [-0.39, 0.29) is 5.82 Å². The summed E-state index contributed by atoms with van der Waals surface area (Å²) in [6.07, 6.45) is 3.37. The van der Waals surface area contributed by atoms with Gasteiger partial charge in [0.2, 0.25) is 0 Å². The predicted octanol–water partition coefficient (Wildman–Crippen LogP) is 2.98. The zero-order chi connectivity index (χ0) is 9.26. The highest BCUT2D eigenvalue weighted by atomic mass is 79.9. The Balaban J connectivity index is 2.59. The molecule has 0 radical (unpaired) electrons. The average molecular weight is 241 g/mol. The van der Waals surface area contributed by atoms with Gasteiger partial charge in [-0.05, 0) is 22.0 Å². The molecule has 2 nitrogen and oxygen atoms in total. The molecular formula is C9H6BrFN2. The van der Waals surface area contributed by atoms with Gasteiger partial charge in [-0.3, -0.25) is 5.10 Å². The fraction of sp³-hybridized carbons (Fsp3) is 0. The standard InChI is InChI=1S/C9H6BrFN2/c10-9-7(2-1-3-8(9)11)6-4-12-13-5-6/h1-5H,(H,12,13). The molecule has 1 N–H and O–H groups in total. The molecule has 0 saturated carbocycles. The van der Waals surface area contributed by atoms with Gasteiger partial charge >= 0.3 is 0 Å². The third kappa shape index (κ3) is 1.49. The quantitative estimate of drug-likeness (QED) is 0.816. The molecule has 0 amide bonds. The van der Waals surface area contributed by atoms with Crippen molar-refractivity contribution in [2.75, 3.05) is 0 Å². The molecule has 0 spiro atoms. The number of nitrogens with one attached hydrogen (secondary N) is 1. The number of rotatable bonds is 1. The van der Waals surface area contributed by atoms with Crippen molar-refractivity contribution >= 4 is 15.9 Å². The molecule has 0 unspecified atom stereocenters. The molecule has 0 aliphatic heterocycles. The van der Waals surface area contributed by atoms with E-state index < -0.39 is 0 Å². The van der Waals surface area contributed by atoms with Crippen LogP contribution in [0.4, 0.5) is 4.39 Å². The van der Waals surface area contributed by atoms with Gasteiger partial charge in [0, 0.05) is 17.3 Å². The summed E-state index contributed by atoms with van der Waals surface area (Å²) in [6.45, 7) is 0. The minimum absolute atomic E-state index is 0.265. The van der Waals surface area contributed by atoms with Crippen molar-refractivity contribution in [2.45, 2.75) is 0 Å². The Kier molecular flexibility index (Phi) is 2.14. The Morgan fingerprint density at radius 2 is 2.23 bits per heavy atom. The number of aromatic amines is 1. The first kappa shape index (κ1) is 8.44. The number of H-pyrrole nitrogens is 1. The van der Waals surface area contributed by atoms with E-state index >= 15 is 0 Å². The second-order valence-corrected chi connectivity index (χ2v) is 3.38. The molecule has 1 heterocycles. The van der Waals surface area contributed by atoms with Crippen LogP contribution in [0.1, 0.15) is 0 Å². The van der Waals surface area contributed by atoms with Crippen molar-refractivity contribution in [1.29, 1.82) is 0 Å². The van der Waals surface area contributed by atoms with Crippen LogP contribution in [0, 0.1) is 5.82 Å². The van der Waals surface area contributed by atoms with Crippen LogP contribution in [0.3, 0.4) is 0 Å². The van der Waals surface area contributed by atoms with E-state index in [1.54, 1.807) is 18.5 Å². The van der Waals surface area contributed by atoms with E-state index in [2.05, 4.69) is 26.1 Å². The molecule has 13 heavy (non-hydrogen) atoms. The first-order chi connectivity index (χ1) is 6.29. The monoisotopic (exact) mass is 240 g/mol. The normalized spacial score (nSPS) is 10.3. The van der Waals surface area contributed by atoms with Crippen LogP contribution in [-0.4, -0.2) is 10.2 Å². The fourth-order valence-corrected chi connectivity index (χ4v) is 1.62. The first-order valence-corrected chi connectivity index (χ1v) is 4.51. The average Bonchev–Trinajstić information content (AvgIpc) is 2.62. The third-order valence-corrected chi connectivity index (χ3v) is 2.57. The van der Waals surface area contributed by atoms with Crippen molar-refractivity contribution < 1.29 is 4.39 Å². The summed E-state index contributed by atoms with van der Waals surface area (Å²) in [6, 6.07) is 4.91. The van der Waals surface area contributed by atoms with Crippen LogP contribution in [0.5, 0.6) is 0 Å². The smallest absolute Gasteiger partial charge is 0.138 e. The minimum Gasteiger partial charge on any atom is -0.285 e. The highest BCUT2D eigenvalue weighted by Crippen LogP contribution is 2.29. The van der Waals surface area contributed by atoms with Crippen LogP contribution in [0.2, 0.25) is 0 Å². The Bertz CT molecular complexity index is 412. The molecule has 2 rings (SSSR count). The molecule has 0 atom stereocenters. The van der Waals surface area contributed by atoms with E-state index in [1.807, 2.05) is 6.07 Å². The van der Waals surface area contributed by atoms with Gasteiger partial charge in [0.05, 0.1) is 10.7 Å². The highest BCUT2D eigenvalue weighted by molar-refractivity contribution is 9.10. The van der Waals surface area contributed by atoms with Crippen LogP contribution in [-0.2, 0) is 0 Å². The molecular weight excluding hydrogens is 235 g/mol. The van der Waals surface area contributed by atoms with Gasteiger partial charge in [-0.2, -0.15) is 5.10 Å². The molecule has 0 aliphatic carbocycles. The van der Waals surface area contributed by atoms with Crippen LogP contribution < -0.4 is 0 Å². The van der Waals surface area contributed by atoms with Crippen LogP contribution in [0.25, 0.3) is 11.1 Å². The van der Waals surface area contributed by atoms with Gasteiger partial charge in [0.15, 0.2) is 0 Å². The number of aromatic nitrogens is 2. The maximum Gasteiger partial charge on any atom is 0.138 e. The molecule has 1 aromatic carbocycles. The van der Waals surface area contributed by atoms with Crippen molar-refractivity contribution in [1.82, 2.24) is 10.2 Å². The molecule has 0 aliphatic rings. The molecule has 1 aromatic heterocycles. The number of nitrogens with zero attached hydrogens (tertiary/aromatic N) is 1. The van der Waals surface area contributed by atoms with Crippen molar-refractivity contribution in [2.24, 2.45) is 0 Å². The summed E-state index contributed by atoms with van der Waals surface area (Å²) in [5, 5.41) is 6.48. The lowest BCUT2D eigenvalue weighted by atomic mass is 10.1. The van der Waals surface area contributed by atoms with Gasteiger partial charge in [-0.1, -0.05) is 12.1 Å². The maximum absolute atomic E-state index is 13.1. The number of halogens is 2. The van der Waals surface area contributed by atoms with Crippen LogP contribution in [0.15, 0.2) is 35.1 Å². The summed E-state index contributed by atoms with van der Waals surface area (Å²) >= 11 is 3.18. The van der Waals surface area contributed by atoms with Gasteiger partial charge in [-0.15, -0.1) is 0 Å². The molecule has 4 heteroatoms. The van der Waals surface area contributed by atoms with Gasteiger partial charge in [0.25, 0.3) is 0 Å². The summed E-state index contributed by atoms with van der Waals surface area (Å²) in [5.74, 6) is -0.265. The lowest BCUT2D eigenvalue weighted by Crippen LogP contribution is -1.81. The van der Waals surface area contributed by atoms with Gasteiger partial charge in [0.1, 0.15) is 5.82 Å². The van der Waals surface area contributed by atoms with E-state index in [0.717, 1.165) is 11.1 Å². The van der Waals surface area contributed by atoms with E-state index in [9.17, 15) is 4.39 Å². The van der Waals surface area contributed by atoms with E-state index in [0.29, 0.717) is 4.47 Å². The molecule has 66 valence electrons. The second-order valence-electron chi connectivity index (χ2n) is 2.59. The molecule has 0 saturated heterocycles. The number of hydrogen-bond acceptors (Lipinski definition) is 1. The highest BCUT2D eigenvalue weighted by Gasteiger charge is 2.07. The summed E-state index contributed by atoms with van der Waals surface area (Å²) in [4.78, 5) is 0. The Morgan fingerprint density at radius 1 is 1.38 bits per heavy atom. The van der Waals surface area contributed by atoms with Gasteiger partial charge in [-0.25, -0.2) is 4.39 Å². The topological polar surface area (TPSA) is 28.7 Å². The minimum atomic E-state index is -0.265. The fourth-order valence-electron chi connectivity index (χ4n) is 1.12. The molecule has 0 bridgehead atoms. The van der Waals surface area contributed by atoms with Crippen LogP contribution >= 0.6 is 15.9 Å². The van der Waals surface area contributed by atoms with E-state index in [1.165, 1.54) is 6.07 Å². The first-order valence-electron chi connectivity index (χ1n) is 3.72. The van der Waals surface area contributed by atoms with Gasteiger partial charge < -0.3 is 0 Å². The predicted molar refractivity (Wildman–Crippen MR) is 51.7 cm³/mol. The Labute approximate surface area is 82.9 Å². The largest absolute Gasteiger partial charge is 0.285 e. The van der Waals surface area contributed by atoms with Crippen molar-refractivity contribution in [3.63, 3.8) is 0 Å².